The third-order valence-corrected chi connectivity index (χ3v) is 4.83. The predicted octanol–water partition coefficient (Wildman–Crippen LogP) is 4.46. The summed E-state index contributed by atoms with van der Waals surface area (Å²) < 4.78 is 59.9. The fourth-order valence-electron chi connectivity index (χ4n) is 3.06. The number of hydrogen-bond acceptors (Lipinski definition) is 6. The highest BCUT2D eigenvalue weighted by atomic mass is 35.5. The first-order chi connectivity index (χ1) is 16.6. The van der Waals surface area contributed by atoms with Crippen LogP contribution in [0.25, 0.3) is 16.9 Å². The van der Waals surface area contributed by atoms with E-state index in [0.29, 0.717) is 10.9 Å². The smallest absolute Gasteiger partial charge is 0.437 e. The molecule has 0 saturated heterocycles. The van der Waals surface area contributed by atoms with Crippen molar-refractivity contribution in [1.29, 1.82) is 5.26 Å². The molecule has 0 aliphatic heterocycles. The van der Waals surface area contributed by atoms with Gasteiger partial charge in [0.25, 0.3) is 5.56 Å². The number of ether oxygens (including phenoxy) is 1. The highest BCUT2D eigenvalue weighted by molar-refractivity contribution is 6.30. The normalized spacial score (nSPS) is 11.2. The van der Waals surface area contributed by atoms with Gasteiger partial charge in [0.1, 0.15) is 17.9 Å². The molecular formula is C22H10ClF4N5O3. The fourth-order valence-corrected chi connectivity index (χ4v) is 3.29. The van der Waals surface area contributed by atoms with Crippen LogP contribution in [0.3, 0.4) is 0 Å². The van der Waals surface area contributed by atoms with Gasteiger partial charge in [-0.1, -0.05) is 23.7 Å². The summed E-state index contributed by atoms with van der Waals surface area (Å²) in [6.45, 7) is 0. The molecule has 0 bridgehead atoms. The highest BCUT2D eigenvalue weighted by Crippen LogP contribution is 2.35. The molecule has 35 heavy (non-hydrogen) atoms. The third kappa shape index (κ3) is 4.90. The van der Waals surface area contributed by atoms with Crippen molar-refractivity contribution in [1.82, 2.24) is 19.7 Å². The van der Waals surface area contributed by atoms with Gasteiger partial charge in [0, 0.05) is 5.02 Å². The average molecular weight is 504 g/mol. The fraction of sp³-hybridized carbons (Fsp3) is 0.0455. The second-order valence-electron chi connectivity index (χ2n) is 6.96. The van der Waals surface area contributed by atoms with E-state index in [-0.39, 0.29) is 33.3 Å². The molecule has 8 nitrogen and oxygen atoms in total. The van der Waals surface area contributed by atoms with Gasteiger partial charge in [0.2, 0.25) is 5.75 Å². The molecule has 0 amide bonds. The van der Waals surface area contributed by atoms with Gasteiger partial charge in [-0.25, -0.2) is 19.0 Å². The number of rotatable bonds is 4. The topological polar surface area (TPSA) is 114 Å². The van der Waals surface area contributed by atoms with Crippen molar-refractivity contribution < 1.29 is 22.3 Å². The molecular weight excluding hydrogens is 494 g/mol. The molecule has 2 heterocycles. The first-order valence-electron chi connectivity index (χ1n) is 9.50. The number of nitrogens with zero attached hydrogens (tertiary/aromatic N) is 4. The Morgan fingerprint density at radius 3 is 2.46 bits per heavy atom. The van der Waals surface area contributed by atoms with Crippen LogP contribution in [0.15, 0.2) is 64.4 Å². The van der Waals surface area contributed by atoms with Crippen LogP contribution in [-0.4, -0.2) is 19.7 Å². The summed E-state index contributed by atoms with van der Waals surface area (Å²) in [7, 11) is 0. The zero-order chi connectivity index (χ0) is 25.3. The minimum Gasteiger partial charge on any atom is -0.449 e. The first-order valence-corrected chi connectivity index (χ1v) is 9.88. The molecule has 4 aromatic rings. The van der Waals surface area contributed by atoms with E-state index in [1.54, 1.807) is 6.07 Å². The molecule has 0 unspecified atom stereocenters. The van der Waals surface area contributed by atoms with Crippen LogP contribution in [0.1, 0.15) is 11.3 Å². The van der Waals surface area contributed by atoms with Gasteiger partial charge in [-0.15, -0.1) is 0 Å². The number of aromatic amines is 1. The van der Waals surface area contributed by atoms with Gasteiger partial charge in [-0.3, -0.25) is 9.59 Å². The average Bonchev–Trinajstić information content (AvgIpc) is 2.80. The lowest BCUT2D eigenvalue weighted by Gasteiger charge is -2.14. The van der Waals surface area contributed by atoms with Gasteiger partial charge >= 0.3 is 11.7 Å². The maximum absolute atomic E-state index is 13.6. The lowest BCUT2D eigenvalue weighted by atomic mass is 10.1. The number of H-pyrrole nitrogens is 1. The van der Waals surface area contributed by atoms with Crippen LogP contribution in [0.4, 0.5) is 17.6 Å². The minimum absolute atomic E-state index is 0.0111. The monoisotopic (exact) mass is 503 g/mol. The summed E-state index contributed by atoms with van der Waals surface area (Å²) in [6.07, 6.45) is -4.49. The quantitative estimate of drug-likeness (QED) is 0.411. The number of nitriles is 1. The van der Waals surface area contributed by atoms with Crippen molar-refractivity contribution in [2.75, 3.05) is 0 Å². The van der Waals surface area contributed by atoms with E-state index in [1.165, 1.54) is 18.2 Å². The van der Waals surface area contributed by atoms with Crippen molar-refractivity contribution in [3.8, 4) is 34.5 Å². The lowest BCUT2D eigenvalue weighted by Crippen LogP contribution is -2.27. The zero-order valence-corrected chi connectivity index (χ0v) is 17.9. The maximum atomic E-state index is 13.6. The summed E-state index contributed by atoms with van der Waals surface area (Å²) in [6, 6.07) is 11.2. The van der Waals surface area contributed by atoms with Crippen LogP contribution >= 0.6 is 11.6 Å². The number of nitrogens with one attached hydrogen (secondary N) is 1. The second-order valence-corrected chi connectivity index (χ2v) is 7.40. The molecule has 0 saturated carbocycles. The van der Waals surface area contributed by atoms with E-state index < -0.39 is 34.6 Å². The van der Waals surface area contributed by atoms with Gasteiger partial charge in [-0.05, 0) is 42.0 Å². The van der Waals surface area contributed by atoms with Crippen LogP contribution in [0.2, 0.25) is 5.02 Å². The van der Waals surface area contributed by atoms with Crippen molar-refractivity contribution in [3.05, 3.63) is 97.7 Å². The van der Waals surface area contributed by atoms with E-state index in [4.69, 9.17) is 21.6 Å². The molecule has 1 N–H and O–H groups in total. The van der Waals surface area contributed by atoms with E-state index in [1.807, 2.05) is 0 Å². The standard InChI is InChI=1S/C22H10ClF4N5O3/c23-13-5-11(9-28)6-15(7-13)35-18-19(22(25,26)27)29-10-32(21(18)34)17-8-16(20(33)31-30-17)12-1-3-14(24)4-2-12/h1-8,10H,(H,31,33). The van der Waals surface area contributed by atoms with Gasteiger partial charge in [0.05, 0.1) is 17.2 Å². The Kier molecular flexibility index (Phi) is 6.10. The summed E-state index contributed by atoms with van der Waals surface area (Å²) in [5, 5.41) is 14.9. The summed E-state index contributed by atoms with van der Waals surface area (Å²) >= 11 is 5.87. The Balaban J connectivity index is 1.88. The Morgan fingerprint density at radius 2 is 1.80 bits per heavy atom. The van der Waals surface area contributed by atoms with Gasteiger partial charge in [0.15, 0.2) is 11.5 Å². The predicted molar refractivity (Wildman–Crippen MR) is 115 cm³/mol. The number of halogens is 5. The molecule has 13 heteroatoms. The van der Waals surface area contributed by atoms with Crippen molar-refractivity contribution in [2.24, 2.45) is 0 Å². The Hall–Kier alpha value is -4.50. The van der Waals surface area contributed by atoms with Crippen LogP contribution < -0.4 is 15.9 Å². The van der Waals surface area contributed by atoms with E-state index in [0.717, 1.165) is 30.3 Å². The van der Waals surface area contributed by atoms with Gasteiger partial charge in [-0.2, -0.15) is 23.5 Å². The molecule has 0 atom stereocenters. The highest BCUT2D eigenvalue weighted by Gasteiger charge is 2.39. The SMILES string of the molecule is N#Cc1cc(Cl)cc(Oc2c(C(F)(F)F)ncn(-c3cc(-c4ccc(F)cc4)c(=O)[nH]n3)c2=O)c1. The van der Waals surface area contributed by atoms with E-state index in [2.05, 4.69) is 15.2 Å². The van der Waals surface area contributed by atoms with Gasteiger partial charge < -0.3 is 4.74 Å². The van der Waals surface area contributed by atoms with Crippen molar-refractivity contribution >= 4 is 11.6 Å². The lowest BCUT2D eigenvalue weighted by molar-refractivity contribution is -0.142. The van der Waals surface area contributed by atoms with E-state index >= 15 is 0 Å². The molecule has 2 aromatic carbocycles. The molecule has 0 radical (unpaired) electrons. The molecule has 176 valence electrons. The molecule has 0 aliphatic rings. The number of aromatic nitrogens is 4. The summed E-state index contributed by atoms with van der Waals surface area (Å²) in [5.41, 5.74) is -3.40. The number of hydrogen-bond donors (Lipinski definition) is 1. The van der Waals surface area contributed by atoms with Crippen molar-refractivity contribution in [3.63, 3.8) is 0 Å². The third-order valence-electron chi connectivity index (χ3n) is 4.61. The summed E-state index contributed by atoms with van der Waals surface area (Å²) in [4.78, 5) is 28.6. The molecule has 2 aromatic heterocycles. The number of alkyl halides is 3. The first kappa shape index (κ1) is 23.7. The minimum atomic E-state index is -5.07. The Bertz CT molecular complexity index is 1590. The van der Waals surface area contributed by atoms with E-state index in [9.17, 15) is 27.2 Å². The zero-order valence-electron chi connectivity index (χ0n) is 17.1. The summed E-state index contributed by atoms with van der Waals surface area (Å²) in [5.74, 6) is -2.35. The van der Waals surface area contributed by atoms with Crippen molar-refractivity contribution in [2.45, 2.75) is 6.18 Å². The molecule has 0 fully saturated rings. The van der Waals surface area contributed by atoms with Crippen LogP contribution in [-0.2, 0) is 6.18 Å². The Morgan fingerprint density at radius 1 is 1.09 bits per heavy atom. The van der Waals surface area contributed by atoms with Crippen LogP contribution in [0, 0.1) is 17.1 Å². The van der Waals surface area contributed by atoms with Crippen LogP contribution in [0.5, 0.6) is 11.5 Å². The molecule has 0 spiro atoms. The molecule has 4 rings (SSSR count). The molecule has 0 aliphatic carbocycles. The maximum Gasteiger partial charge on any atom is 0.437 e. The Labute approximate surface area is 197 Å². The number of benzene rings is 2. The second kappa shape index (κ2) is 9.03. The largest absolute Gasteiger partial charge is 0.449 e.